The number of nitrogens with zero attached hydrogens (tertiary/aromatic N) is 5. The van der Waals surface area contributed by atoms with Crippen LogP contribution in [0, 0.1) is 6.92 Å². The number of hydrogen-bond acceptors (Lipinski definition) is 7. The third-order valence-corrected chi connectivity index (χ3v) is 7.33. The minimum Gasteiger partial charge on any atom is -0.497 e. The molecule has 4 aromatic rings. The molecular formula is C31H41N7O3. The average molecular weight is 560 g/mol. The molecule has 10 nitrogen and oxygen atoms in total. The summed E-state index contributed by atoms with van der Waals surface area (Å²) < 4.78 is 12.6. The molecule has 0 spiro atoms. The van der Waals surface area contributed by atoms with Gasteiger partial charge in [0.1, 0.15) is 17.3 Å². The summed E-state index contributed by atoms with van der Waals surface area (Å²) in [5, 5.41) is 11.2. The molecule has 3 aromatic carbocycles. The number of ether oxygens (including phenoxy) is 2. The first-order valence-corrected chi connectivity index (χ1v) is 13.6. The predicted octanol–water partition coefficient (Wildman–Crippen LogP) is 6.10. The molecule has 1 fully saturated rings. The van der Waals surface area contributed by atoms with Crippen LogP contribution in [0.25, 0.3) is 0 Å². The van der Waals surface area contributed by atoms with Crippen LogP contribution in [0.3, 0.4) is 0 Å². The third kappa shape index (κ3) is 6.22. The van der Waals surface area contributed by atoms with Gasteiger partial charge in [0.25, 0.3) is 0 Å². The summed E-state index contributed by atoms with van der Waals surface area (Å²) in [6.07, 6.45) is 0. The van der Waals surface area contributed by atoms with Crippen LogP contribution in [0.15, 0.2) is 72.8 Å². The van der Waals surface area contributed by atoms with Crippen LogP contribution in [0.1, 0.15) is 8.42 Å². The van der Waals surface area contributed by atoms with E-state index in [1.165, 1.54) is 0 Å². The molecule has 2 N–H and O–H groups in total. The first-order valence-electron chi connectivity index (χ1n) is 13.6. The zero-order valence-corrected chi connectivity index (χ0v) is 24.2. The summed E-state index contributed by atoms with van der Waals surface area (Å²) in [6, 6.07) is 22.9. The van der Waals surface area contributed by atoms with E-state index in [2.05, 4.69) is 39.6 Å². The second-order valence-corrected chi connectivity index (χ2v) is 10.1. The molecule has 0 atom stereocenters. The molecule has 1 aliphatic rings. The lowest BCUT2D eigenvalue weighted by Gasteiger charge is -2.34. The number of carbonyl (C=O) groups is 1. The molecule has 1 aromatic heterocycles. The maximum atomic E-state index is 13.8. The number of aromatic nitrogens is 2. The van der Waals surface area contributed by atoms with Gasteiger partial charge in [-0.05, 0) is 62.0 Å². The Morgan fingerprint density at radius 2 is 1.63 bits per heavy atom. The second-order valence-electron chi connectivity index (χ2n) is 10.1. The number of urea groups is 1. The summed E-state index contributed by atoms with van der Waals surface area (Å²) in [6.45, 7) is 5.95. The number of piperazine rings is 1. The van der Waals surface area contributed by atoms with E-state index in [1.807, 2.05) is 74.6 Å². The number of benzene rings is 3. The fourth-order valence-corrected chi connectivity index (χ4v) is 4.83. The van der Waals surface area contributed by atoms with Crippen molar-refractivity contribution in [3.8, 4) is 11.5 Å². The van der Waals surface area contributed by atoms with Crippen LogP contribution in [-0.2, 0) is 7.05 Å². The highest BCUT2D eigenvalue weighted by Crippen LogP contribution is 2.34. The summed E-state index contributed by atoms with van der Waals surface area (Å²) in [4.78, 5) is 20.1. The van der Waals surface area contributed by atoms with Gasteiger partial charge < -0.3 is 29.9 Å². The number of nitrogens with one attached hydrogen (secondary N) is 2. The average Bonchev–Trinajstić information content (AvgIpc) is 3.34. The largest absolute Gasteiger partial charge is 0.497 e. The number of amides is 2. The van der Waals surface area contributed by atoms with Gasteiger partial charge in [0, 0.05) is 59.6 Å². The molecule has 41 heavy (non-hydrogen) atoms. The molecule has 0 radical (unpaired) electrons. The lowest BCUT2D eigenvalue weighted by atomic mass is 10.2. The minimum absolute atomic E-state index is 0. The minimum atomic E-state index is -0.307. The Labute approximate surface area is 244 Å². The molecule has 5 rings (SSSR count). The van der Waals surface area contributed by atoms with Gasteiger partial charge in [0.2, 0.25) is 0 Å². The first kappa shape index (κ1) is 27.9. The summed E-state index contributed by atoms with van der Waals surface area (Å²) in [5.74, 6) is 2.48. The number of likely N-dealkylation sites (N-methyl/N-ethyl adjacent to an activating group) is 1. The van der Waals surface area contributed by atoms with Crippen LogP contribution in [0.4, 0.5) is 39.2 Å². The number of aryl methyl sites for hydroxylation is 2. The van der Waals surface area contributed by atoms with Crippen molar-refractivity contribution in [3.05, 3.63) is 78.4 Å². The third-order valence-electron chi connectivity index (χ3n) is 7.33. The molecule has 0 unspecified atom stereocenters. The van der Waals surface area contributed by atoms with Gasteiger partial charge in [-0.2, -0.15) is 5.10 Å². The summed E-state index contributed by atoms with van der Waals surface area (Å²) in [5.41, 5.74) is 4.31. The zero-order chi connectivity index (χ0) is 28.9. The van der Waals surface area contributed by atoms with Crippen LogP contribution in [-0.4, -0.2) is 68.2 Å². The van der Waals surface area contributed by atoms with E-state index in [9.17, 15) is 4.79 Å². The van der Waals surface area contributed by atoms with Crippen molar-refractivity contribution in [2.75, 3.05) is 67.9 Å². The fraction of sp³-hybridized carbons (Fsp3) is 0.290. The predicted molar refractivity (Wildman–Crippen MR) is 169 cm³/mol. The van der Waals surface area contributed by atoms with Gasteiger partial charge in [-0.25, -0.2) is 9.69 Å². The Hall–Kier alpha value is -4.70. The Kier molecular flexibility index (Phi) is 8.30. The van der Waals surface area contributed by atoms with Crippen molar-refractivity contribution in [1.29, 1.82) is 0 Å². The second kappa shape index (κ2) is 12.2. The summed E-state index contributed by atoms with van der Waals surface area (Å²) >= 11 is 0. The number of carbonyl (C=O) groups excluding carboxylic acids is 1. The van der Waals surface area contributed by atoms with E-state index in [4.69, 9.17) is 14.6 Å². The SMILES string of the molecule is COc1ccc(Nc2cc(N(C(=O)Nc3ccccc3C)c3ccc(N4CCN(C)CC4)cc3)nn2C)c(OC)c1.[HH].[HH]. The van der Waals surface area contributed by atoms with E-state index < -0.39 is 0 Å². The molecule has 0 bridgehead atoms. The monoisotopic (exact) mass is 559 g/mol. The Balaban J connectivity index is 0.00000253. The van der Waals surface area contributed by atoms with E-state index in [0.717, 1.165) is 48.8 Å². The number of methoxy groups -OCH3 is 2. The Bertz CT molecular complexity index is 1510. The fourth-order valence-electron chi connectivity index (χ4n) is 4.83. The Morgan fingerprint density at radius 1 is 0.902 bits per heavy atom. The zero-order valence-electron chi connectivity index (χ0n) is 24.2. The van der Waals surface area contributed by atoms with Gasteiger partial charge in [0.05, 0.1) is 25.6 Å². The lowest BCUT2D eigenvalue weighted by molar-refractivity contribution is 0.259. The maximum Gasteiger partial charge on any atom is 0.332 e. The topological polar surface area (TPSA) is 87.1 Å². The molecular weight excluding hydrogens is 518 g/mol. The highest BCUT2D eigenvalue weighted by Gasteiger charge is 2.24. The van der Waals surface area contributed by atoms with Crippen molar-refractivity contribution in [3.63, 3.8) is 0 Å². The van der Waals surface area contributed by atoms with E-state index >= 15 is 0 Å². The summed E-state index contributed by atoms with van der Waals surface area (Å²) in [7, 11) is 7.20. The highest BCUT2D eigenvalue weighted by atomic mass is 16.5. The number of rotatable bonds is 8. The van der Waals surface area contributed by atoms with Crippen molar-refractivity contribution in [2.24, 2.45) is 7.05 Å². The Morgan fingerprint density at radius 3 is 2.32 bits per heavy atom. The van der Waals surface area contributed by atoms with Crippen molar-refractivity contribution >= 4 is 40.4 Å². The van der Waals surface area contributed by atoms with E-state index in [0.29, 0.717) is 28.8 Å². The molecule has 0 saturated carbocycles. The van der Waals surface area contributed by atoms with Crippen LogP contribution in [0.5, 0.6) is 11.5 Å². The van der Waals surface area contributed by atoms with Crippen LogP contribution < -0.4 is 29.9 Å². The van der Waals surface area contributed by atoms with Crippen molar-refractivity contribution in [1.82, 2.24) is 14.7 Å². The molecule has 218 valence electrons. The standard InChI is InChI=1S/C31H37N7O3.2H2/c1-22-8-6-7-9-26(22)33-31(39)38(24-12-10-23(11-13-24)37-18-16-35(2)17-19-37)30-21-29(36(3)34-30)32-27-15-14-25(40-4)20-28(27)41-5;;/h6-15,20-21,32H,16-19H2,1-5H3,(H,33,39);2*1H. The number of para-hydroxylation sites is 1. The van der Waals surface area contributed by atoms with E-state index in [-0.39, 0.29) is 8.88 Å². The van der Waals surface area contributed by atoms with Crippen LogP contribution in [0.2, 0.25) is 0 Å². The van der Waals surface area contributed by atoms with Crippen LogP contribution >= 0.6 is 0 Å². The number of anilines is 6. The van der Waals surface area contributed by atoms with Gasteiger partial charge in [-0.15, -0.1) is 0 Å². The van der Waals surface area contributed by atoms with Gasteiger partial charge in [-0.1, -0.05) is 18.2 Å². The normalized spacial score (nSPS) is 13.5. The van der Waals surface area contributed by atoms with Gasteiger partial charge >= 0.3 is 6.03 Å². The highest BCUT2D eigenvalue weighted by molar-refractivity contribution is 6.07. The smallest absolute Gasteiger partial charge is 0.332 e. The molecule has 0 aliphatic carbocycles. The first-order chi connectivity index (χ1) is 19.9. The molecule has 2 heterocycles. The molecule has 10 heteroatoms. The molecule has 1 aliphatic heterocycles. The number of hydrogen-bond donors (Lipinski definition) is 2. The van der Waals surface area contributed by atoms with Gasteiger partial charge in [0.15, 0.2) is 5.82 Å². The van der Waals surface area contributed by atoms with E-state index in [1.54, 1.807) is 23.8 Å². The maximum absolute atomic E-state index is 13.8. The lowest BCUT2D eigenvalue weighted by Crippen LogP contribution is -2.44. The quantitative estimate of drug-likeness (QED) is 0.270. The van der Waals surface area contributed by atoms with Crippen molar-refractivity contribution < 1.29 is 17.1 Å². The molecule has 2 amide bonds. The molecule has 1 saturated heterocycles. The van der Waals surface area contributed by atoms with Crippen molar-refractivity contribution in [2.45, 2.75) is 6.92 Å². The van der Waals surface area contributed by atoms with Gasteiger partial charge in [-0.3, -0.25) is 4.68 Å².